The number of H-pyrrole nitrogens is 1. The fourth-order valence-electron chi connectivity index (χ4n) is 2.38. The third-order valence-electron chi connectivity index (χ3n) is 3.24. The topological polar surface area (TPSA) is 25.0 Å². The van der Waals surface area contributed by atoms with E-state index in [4.69, 9.17) is 4.74 Å². The minimum absolute atomic E-state index is 0.0256. The Kier molecular flexibility index (Phi) is 2.87. The number of aromatic amines is 1. The zero-order valence-electron chi connectivity index (χ0n) is 10.3. The summed E-state index contributed by atoms with van der Waals surface area (Å²) < 4.78 is 5.67. The molecule has 1 aromatic heterocycles. The summed E-state index contributed by atoms with van der Waals surface area (Å²) in [6, 6.07) is 18.6. The molecule has 3 aromatic rings. The van der Waals surface area contributed by atoms with Crippen LogP contribution in [0, 0.1) is 0 Å². The molecule has 1 atom stereocenters. The van der Waals surface area contributed by atoms with E-state index in [1.165, 1.54) is 16.5 Å². The van der Waals surface area contributed by atoms with Gasteiger partial charge < -0.3 is 9.72 Å². The lowest BCUT2D eigenvalue weighted by molar-refractivity contribution is 0.137. The first-order valence-corrected chi connectivity index (χ1v) is 6.04. The van der Waals surface area contributed by atoms with Crippen molar-refractivity contribution in [3.05, 3.63) is 71.9 Å². The van der Waals surface area contributed by atoms with E-state index in [2.05, 4.69) is 35.3 Å². The molecule has 0 aliphatic rings. The Bertz CT molecular complexity index is 642. The molecular weight excluding hydrogens is 222 g/mol. The quantitative estimate of drug-likeness (QED) is 0.734. The molecule has 0 aliphatic carbocycles. The number of ether oxygens (including phenoxy) is 1. The molecular formula is C16H15NO. The first-order valence-electron chi connectivity index (χ1n) is 6.04. The van der Waals surface area contributed by atoms with Gasteiger partial charge in [0.2, 0.25) is 0 Å². The summed E-state index contributed by atoms with van der Waals surface area (Å²) in [6.45, 7) is 0. The van der Waals surface area contributed by atoms with Gasteiger partial charge in [0, 0.05) is 29.8 Å². The van der Waals surface area contributed by atoms with Crippen LogP contribution in [0.3, 0.4) is 0 Å². The van der Waals surface area contributed by atoms with Crippen molar-refractivity contribution in [3.63, 3.8) is 0 Å². The third-order valence-corrected chi connectivity index (χ3v) is 3.24. The van der Waals surface area contributed by atoms with Crippen LogP contribution in [0.4, 0.5) is 0 Å². The number of rotatable bonds is 3. The van der Waals surface area contributed by atoms with Crippen LogP contribution in [-0.4, -0.2) is 12.1 Å². The molecule has 0 bridgehead atoms. The fourth-order valence-corrected chi connectivity index (χ4v) is 2.38. The summed E-state index contributed by atoms with van der Waals surface area (Å²) in [5, 5.41) is 1.22. The lowest BCUT2D eigenvalue weighted by atomic mass is 10.0. The van der Waals surface area contributed by atoms with Crippen LogP contribution < -0.4 is 0 Å². The van der Waals surface area contributed by atoms with Gasteiger partial charge in [-0.25, -0.2) is 0 Å². The van der Waals surface area contributed by atoms with E-state index in [9.17, 15) is 0 Å². The molecule has 0 radical (unpaired) electrons. The van der Waals surface area contributed by atoms with Crippen molar-refractivity contribution >= 4 is 10.9 Å². The van der Waals surface area contributed by atoms with Gasteiger partial charge in [0.1, 0.15) is 6.10 Å². The summed E-state index contributed by atoms with van der Waals surface area (Å²) in [6.07, 6.45) is 2.01. The Morgan fingerprint density at radius 1 is 0.944 bits per heavy atom. The Morgan fingerprint density at radius 3 is 2.44 bits per heavy atom. The van der Waals surface area contributed by atoms with Crippen molar-refractivity contribution in [1.29, 1.82) is 0 Å². The molecule has 0 saturated heterocycles. The van der Waals surface area contributed by atoms with Gasteiger partial charge in [0.05, 0.1) is 0 Å². The van der Waals surface area contributed by atoms with Crippen molar-refractivity contribution < 1.29 is 4.74 Å². The van der Waals surface area contributed by atoms with Gasteiger partial charge in [-0.3, -0.25) is 0 Å². The van der Waals surface area contributed by atoms with Crippen LogP contribution >= 0.6 is 0 Å². The highest BCUT2D eigenvalue weighted by molar-refractivity contribution is 5.83. The summed E-state index contributed by atoms with van der Waals surface area (Å²) >= 11 is 0. The molecule has 2 heteroatoms. The molecule has 2 aromatic carbocycles. The lowest BCUT2D eigenvalue weighted by Crippen LogP contribution is -2.02. The Hall–Kier alpha value is -2.06. The van der Waals surface area contributed by atoms with Crippen molar-refractivity contribution in [1.82, 2.24) is 4.98 Å². The van der Waals surface area contributed by atoms with Gasteiger partial charge in [0.25, 0.3) is 0 Å². The Balaban J connectivity index is 2.12. The van der Waals surface area contributed by atoms with Crippen LogP contribution in [0.2, 0.25) is 0 Å². The second kappa shape index (κ2) is 4.67. The van der Waals surface area contributed by atoms with Crippen LogP contribution in [0.5, 0.6) is 0 Å². The Morgan fingerprint density at radius 2 is 1.67 bits per heavy atom. The molecule has 0 amide bonds. The lowest BCUT2D eigenvalue weighted by Gasteiger charge is -2.15. The van der Waals surface area contributed by atoms with Gasteiger partial charge in [-0.2, -0.15) is 0 Å². The van der Waals surface area contributed by atoms with Crippen molar-refractivity contribution in [2.45, 2.75) is 6.10 Å². The normalized spacial score (nSPS) is 12.7. The van der Waals surface area contributed by atoms with Crippen LogP contribution in [-0.2, 0) is 4.74 Å². The van der Waals surface area contributed by atoms with E-state index in [1.54, 1.807) is 7.11 Å². The maximum atomic E-state index is 5.67. The fraction of sp³-hybridized carbons (Fsp3) is 0.125. The summed E-state index contributed by atoms with van der Waals surface area (Å²) in [5.74, 6) is 0. The summed E-state index contributed by atoms with van der Waals surface area (Å²) in [4.78, 5) is 3.29. The SMILES string of the molecule is COC(c1ccccc1)c1c[nH]c2ccccc12. The van der Waals surface area contributed by atoms with E-state index < -0.39 is 0 Å². The minimum atomic E-state index is -0.0256. The second-order valence-corrected chi connectivity index (χ2v) is 4.32. The standard InChI is InChI=1S/C16H15NO/c1-18-16(12-7-3-2-4-8-12)14-11-17-15-10-6-5-9-13(14)15/h2-11,16-17H,1H3. The first kappa shape index (κ1) is 11.1. The molecule has 2 nitrogen and oxygen atoms in total. The van der Waals surface area contributed by atoms with E-state index in [1.807, 2.05) is 30.5 Å². The number of methoxy groups -OCH3 is 1. The van der Waals surface area contributed by atoms with E-state index in [0.29, 0.717) is 0 Å². The third kappa shape index (κ3) is 1.81. The highest BCUT2D eigenvalue weighted by Crippen LogP contribution is 2.30. The smallest absolute Gasteiger partial charge is 0.109 e. The molecule has 90 valence electrons. The van der Waals surface area contributed by atoms with Gasteiger partial charge in [0.15, 0.2) is 0 Å². The molecule has 1 N–H and O–H groups in total. The maximum Gasteiger partial charge on any atom is 0.109 e. The van der Waals surface area contributed by atoms with Crippen LogP contribution in [0.15, 0.2) is 60.8 Å². The zero-order chi connectivity index (χ0) is 12.4. The second-order valence-electron chi connectivity index (χ2n) is 4.32. The predicted molar refractivity (Wildman–Crippen MR) is 73.6 cm³/mol. The molecule has 0 saturated carbocycles. The van der Waals surface area contributed by atoms with E-state index in [-0.39, 0.29) is 6.10 Å². The van der Waals surface area contributed by atoms with Crippen LogP contribution in [0.1, 0.15) is 17.2 Å². The minimum Gasteiger partial charge on any atom is -0.372 e. The highest BCUT2D eigenvalue weighted by Gasteiger charge is 2.16. The molecule has 0 aliphatic heterocycles. The molecule has 3 rings (SSSR count). The van der Waals surface area contributed by atoms with E-state index >= 15 is 0 Å². The van der Waals surface area contributed by atoms with Crippen molar-refractivity contribution in [2.75, 3.05) is 7.11 Å². The van der Waals surface area contributed by atoms with Gasteiger partial charge in [-0.15, -0.1) is 0 Å². The average molecular weight is 237 g/mol. The average Bonchev–Trinajstić information content (AvgIpc) is 2.85. The number of aromatic nitrogens is 1. The maximum absolute atomic E-state index is 5.67. The van der Waals surface area contributed by atoms with Crippen LogP contribution in [0.25, 0.3) is 10.9 Å². The number of hydrogen-bond acceptors (Lipinski definition) is 1. The molecule has 1 heterocycles. The monoisotopic (exact) mass is 237 g/mol. The van der Waals surface area contributed by atoms with Gasteiger partial charge >= 0.3 is 0 Å². The van der Waals surface area contributed by atoms with Crippen molar-refractivity contribution in [3.8, 4) is 0 Å². The molecule has 0 spiro atoms. The number of nitrogens with one attached hydrogen (secondary N) is 1. The summed E-state index contributed by atoms with van der Waals surface area (Å²) in [7, 11) is 1.75. The number of benzene rings is 2. The highest BCUT2D eigenvalue weighted by atomic mass is 16.5. The largest absolute Gasteiger partial charge is 0.372 e. The zero-order valence-corrected chi connectivity index (χ0v) is 10.3. The number of hydrogen-bond donors (Lipinski definition) is 1. The number of para-hydroxylation sites is 1. The first-order chi connectivity index (χ1) is 8.90. The summed E-state index contributed by atoms with van der Waals surface area (Å²) in [5.41, 5.74) is 3.49. The Labute approximate surface area is 106 Å². The molecule has 1 unspecified atom stereocenters. The molecule has 0 fully saturated rings. The van der Waals surface area contributed by atoms with Gasteiger partial charge in [-0.05, 0) is 11.6 Å². The van der Waals surface area contributed by atoms with Gasteiger partial charge in [-0.1, -0.05) is 48.5 Å². The molecule has 18 heavy (non-hydrogen) atoms. The van der Waals surface area contributed by atoms with Crippen molar-refractivity contribution in [2.24, 2.45) is 0 Å². The van der Waals surface area contributed by atoms with E-state index in [0.717, 1.165) is 5.52 Å². The number of fused-ring (bicyclic) bond motifs is 1. The predicted octanol–water partition coefficient (Wildman–Crippen LogP) is 3.90.